The van der Waals surface area contributed by atoms with Crippen LogP contribution in [-0.2, 0) is 18.3 Å². The molecule has 41 heavy (non-hydrogen) atoms. The SMILES string of the molecule is c1ccc2c(c1)-c1ccccc1C21c2ccccc2-c2cc3c(cc21)CCc1cc2ccc4cccnc4c2nc1-3. The highest BCUT2D eigenvalue weighted by Crippen LogP contribution is 2.63. The van der Waals surface area contributed by atoms with Crippen LogP contribution in [0.1, 0.15) is 33.4 Å². The third-order valence-electron chi connectivity index (χ3n) is 9.78. The Labute approximate surface area is 238 Å². The van der Waals surface area contributed by atoms with E-state index in [0.717, 1.165) is 35.0 Å². The van der Waals surface area contributed by atoms with E-state index in [-0.39, 0.29) is 5.41 Å². The van der Waals surface area contributed by atoms with E-state index in [1.54, 1.807) is 0 Å². The highest BCUT2D eigenvalue weighted by molar-refractivity contribution is 6.04. The first-order chi connectivity index (χ1) is 20.3. The van der Waals surface area contributed by atoms with E-state index in [1.165, 1.54) is 66.6 Å². The third kappa shape index (κ3) is 2.59. The Hall–Kier alpha value is -5.08. The molecule has 1 spiro atoms. The molecule has 10 rings (SSSR count). The van der Waals surface area contributed by atoms with E-state index < -0.39 is 0 Å². The summed E-state index contributed by atoms with van der Waals surface area (Å²) >= 11 is 0. The van der Waals surface area contributed by atoms with Crippen molar-refractivity contribution in [3.05, 3.63) is 155 Å². The van der Waals surface area contributed by atoms with Gasteiger partial charge in [-0.3, -0.25) is 4.98 Å². The summed E-state index contributed by atoms with van der Waals surface area (Å²) in [4.78, 5) is 10.1. The van der Waals surface area contributed by atoms with Gasteiger partial charge in [0.2, 0.25) is 0 Å². The van der Waals surface area contributed by atoms with Gasteiger partial charge in [-0.1, -0.05) is 97.1 Å². The highest BCUT2D eigenvalue weighted by atomic mass is 14.8. The molecule has 0 amide bonds. The number of nitrogens with zero attached hydrogens (tertiary/aromatic N) is 2. The van der Waals surface area contributed by atoms with Gasteiger partial charge in [-0.25, -0.2) is 4.98 Å². The predicted molar refractivity (Wildman–Crippen MR) is 166 cm³/mol. The van der Waals surface area contributed by atoms with Gasteiger partial charge in [-0.15, -0.1) is 0 Å². The summed E-state index contributed by atoms with van der Waals surface area (Å²) in [5, 5.41) is 2.30. The molecule has 0 fully saturated rings. The average Bonchev–Trinajstić information content (AvgIpc) is 3.50. The van der Waals surface area contributed by atoms with Crippen LogP contribution in [0.15, 0.2) is 121 Å². The minimum Gasteiger partial charge on any atom is -0.254 e. The molecule has 0 atom stereocenters. The van der Waals surface area contributed by atoms with Gasteiger partial charge >= 0.3 is 0 Å². The largest absolute Gasteiger partial charge is 0.254 e. The molecule has 0 unspecified atom stereocenters. The number of aromatic nitrogens is 2. The van der Waals surface area contributed by atoms with Gasteiger partial charge in [-0.2, -0.15) is 0 Å². The molecule has 0 aliphatic heterocycles. The molecular formula is C39H24N2. The fourth-order valence-electron chi connectivity index (χ4n) is 8.12. The Bertz CT molecular complexity index is 2230. The molecular weight excluding hydrogens is 496 g/mol. The maximum absolute atomic E-state index is 5.37. The number of aryl methyl sites for hydroxylation is 2. The molecule has 0 N–H and O–H groups in total. The number of fused-ring (bicyclic) bond motifs is 16. The predicted octanol–water partition coefficient (Wildman–Crippen LogP) is 8.89. The quantitative estimate of drug-likeness (QED) is 0.187. The molecule has 0 bridgehead atoms. The molecule has 0 saturated heterocycles. The van der Waals surface area contributed by atoms with Crippen molar-refractivity contribution in [1.29, 1.82) is 0 Å². The second kappa shape index (κ2) is 7.56. The van der Waals surface area contributed by atoms with Crippen LogP contribution in [-0.4, -0.2) is 9.97 Å². The van der Waals surface area contributed by atoms with Crippen molar-refractivity contribution >= 4 is 21.8 Å². The lowest BCUT2D eigenvalue weighted by atomic mass is 9.70. The fraction of sp³-hybridized carbons (Fsp3) is 0.0769. The maximum atomic E-state index is 5.37. The van der Waals surface area contributed by atoms with Crippen LogP contribution >= 0.6 is 0 Å². The Morgan fingerprint density at radius 1 is 0.463 bits per heavy atom. The minimum atomic E-state index is -0.300. The summed E-state index contributed by atoms with van der Waals surface area (Å²) < 4.78 is 0. The van der Waals surface area contributed by atoms with E-state index in [4.69, 9.17) is 9.97 Å². The molecule has 0 radical (unpaired) electrons. The summed E-state index contributed by atoms with van der Waals surface area (Å²) in [5.41, 5.74) is 17.7. The summed E-state index contributed by atoms with van der Waals surface area (Å²) in [7, 11) is 0. The van der Waals surface area contributed by atoms with Crippen LogP contribution in [0.25, 0.3) is 55.3 Å². The van der Waals surface area contributed by atoms with E-state index in [1.807, 2.05) is 12.3 Å². The zero-order chi connectivity index (χ0) is 26.7. The molecule has 2 heterocycles. The lowest BCUT2D eigenvalue weighted by Crippen LogP contribution is -2.26. The monoisotopic (exact) mass is 520 g/mol. The first kappa shape index (κ1) is 21.7. The van der Waals surface area contributed by atoms with Crippen molar-refractivity contribution in [2.45, 2.75) is 18.3 Å². The topological polar surface area (TPSA) is 25.8 Å². The Kier molecular flexibility index (Phi) is 4.00. The molecule has 2 aromatic heterocycles. The van der Waals surface area contributed by atoms with Gasteiger partial charge in [0.1, 0.15) is 0 Å². The molecule has 0 saturated carbocycles. The van der Waals surface area contributed by atoms with Crippen LogP contribution in [0.4, 0.5) is 0 Å². The second-order valence-electron chi connectivity index (χ2n) is 11.7. The number of pyridine rings is 2. The van der Waals surface area contributed by atoms with Crippen LogP contribution in [0, 0.1) is 0 Å². The average molecular weight is 521 g/mol. The highest BCUT2D eigenvalue weighted by Gasteiger charge is 2.51. The first-order valence-electron chi connectivity index (χ1n) is 14.5. The number of benzene rings is 5. The number of hydrogen-bond acceptors (Lipinski definition) is 2. The van der Waals surface area contributed by atoms with Gasteiger partial charge in [0.05, 0.1) is 22.1 Å². The maximum Gasteiger partial charge on any atom is 0.0972 e. The van der Waals surface area contributed by atoms with Crippen molar-refractivity contribution in [3.63, 3.8) is 0 Å². The van der Waals surface area contributed by atoms with Crippen molar-refractivity contribution in [2.75, 3.05) is 0 Å². The van der Waals surface area contributed by atoms with Crippen LogP contribution in [0.2, 0.25) is 0 Å². The molecule has 3 aliphatic carbocycles. The van der Waals surface area contributed by atoms with Crippen molar-refractivity contribution in [1.82, 2.24) is 9.97 Å². The molecule has 2 heteroatoms. The third-order valence-corrected chi connectivity index (χ3v) is 9.78. The van der Waals surface area contributed by atoms with Gasteiger partial charge in [-0.05, 0) is 86.7 Å². The Balaban J connectivity index is 1.30. The van der Waals surface area contributed by atoms with E-state index >= 15 is 0 Å². The summed E-state index contributed by atoms with van der Waals surface area (Å²) in [5.74, 6) is 0. The molecule has 2 nitrogen and oxygen atoms in total. The fourth-order valence-corrected chi connectivity index (χ4v) is 8.12. The van der Waals surface area contributed by atoms with E-state index in [9.17, 15) is 0 Å². The van der Waals surface area contributed by atoms with E-state index in [0.29, 0.717) is 0 Å². The minimum absolute atomic E-state index is 0.300. The van der Waals surface area contributed by atoms with Gasteiger partial charge in [0.15, 0.2) is 0 Å². The smallest absolute Gasteiger partial charge is 0.0972 e. The zero-order valence-corrected chi connectivity index (χ0v) is 22.4. The zero-order valence-electron chi connectivity index (χ0n) is 22.4. The lowest BCUT2D eigenvalue weighted by Gasteiger charge is -2.31. The number of rotatable bonds is 0. The molecule has 7 aromatic rings. The van der Waals surface area contributed by atoms with Crippen LogP contribution in [0.5, 0.6) is 0 Å². The summed E-state index contributed by atoms with van der Waals surface area (Å²) in [6.45, 7) is 0. The molecule has 5 aromatic carbocycles. The van der Waals surface area contributed by atoms with Crippen LogP contribution in [0.3, 0.4) is 0 Å². The normalized spacial score (nSPS) is 14.8. The second-order valence-corrected chi connectivity index (χ2v) is 11.7. The standard InChI is InChI=1S/C39H24N2/c1-4-12-32-27(9-1)28-10-2-5-13-33(28)39(32)34-14-6-3-11-29(34)31-22-30-24(21-35(31)39)16-18-25-20-26-17-15-23-8-7-19-40-37(23)38(26)41-36(25)30/h1-15,17,19-22H,16,18H2. The van der Waals surface area contributed by atoms with Crippen LogP contribution < -0.4 is 0 Å². The molecule has 190 valence electrons. The lowest BCUT2D eigenvalue weighted by molar-refractivity contribution is 0.789. The van der Waals surface area contributed by atoms with Gasteiger partial charge in [0.25, 0.3) is 0 Å². The van der Waals surface area contributed by atoms with Gasteiger partial charge in [0, 0.05) is 22.5 Å². The Morgan fingerprint density at radius 3 is 1.83 bits per heavy atom. The summed E-state index contributed by atoms with van der Waals surface area (Å²) in [6, 6.07) is 42.9. The van der Waals surface area contributed by atoms with Crippen molar-refractivity contribution < 1.29 is 0 Å². The molecule has 3 aliphatic rings. The number of hydrogen-bond donors (Lipinski definition) is 0. The van der Waals surface area contributed by atoms with E-state index in [2.05, 4.69) is 109 Å². The summed E-state index contributed by atoms with van der Waals surface area (Å²) in [6.07, 6.45) is 3.89. The van der Waals surface area contributed by atoms with Gasteiger partial charge < -0.3 is 0 Å². The van der Waals surface area contributed by atoms with Crippen molar-refractivity contribution in [2.24, 2.45) is 0 Å². The Morgan fingerprint density at radius 2 is 1.10 bits per heavy atom. The van der Waals surface area contributed by atoms with Crippen molar-refractivity contribution in [3.8, 4) is 33.5 Å². The first-order valence-corrected chi connectivity index (χ1v) is 14.5.